The Bertz CT molecular complexity index is 788. The van der Waals surface area contributed by atoms with Crippen LogP contribution in [0, 0.1) is 23.0 Å². The summed E-state index contributed by atoms with van der Waals surface area (Å²) >= 11 is 0.700. The van der Waals surface area contributed by atoms with Crippen LogP contribution in [0.3, 0.4) is 0 Å². The Morgan fingerprint density at radius 1 is 1.24 bits per heavy atom. The van der Waals surface area contributed by atoms with E-state index >= 15 is 0 Å². The molecular formula is C16H12F5N3S. The average molecular weight is 373 g/mol. The maximum Gasteiger partial charge on any atom is 0.409 e. The van der Waals surface area contributed by atoms with Crippen molar-refractivity contribution in [3.05, 3.63) is 59.4 Å². The van der Waals surface area contributed by atoms with Crippen molar-refractivity contribution < 1.29 is 22.0 Å². The van der Waals surface area contributed by atoms with Crippen molar-refractivity contribution >= 4 is 11.9 Å². The SMILES string of the molecule is CCN(Sc1cncc(C#N)c1)[C@@H](c1ccc(F)cc1F)C(F)(F)F. The Balaban J connectivity index is 2.42. The highest BCUT2D eigenvalue weighted by Crippen LogP contribution is 2.43. The summed E-state index contributed by atoms with van der Waals surface area (Å²) in [6.45, 7) is 1.40. The van der Waals surface area contributed by atoms with Gasteiger partial charge in [-0.1, -0.05) is 13.0 Å². The van der Waals surface area contributed by atoms with Crippen molar-refractivity contribution in [3.8, 4) is 6.07 Å². The van der Waals surface area contributed by atoms with Gasteiger partial charge >= 0.3 is 6.18 Å². The fourth-order valence-electron chi connectivity index (χ4n) is 2.18. The van der Waals surface area contributed by atoms with Crippen molar-refractivity contribution in [3.63, 3.8) is 0 Å². The number of alkyl halides is 3. The first-order chi connectivity index (χ1) is 11.8. The normalized spacial score (nSPS) is 12.9. The van der Waals surface area contributed by atoms with E-state index < -0.39 is 29.4 Å². The number of hydrogen-bond acceptors (Lipinski definition) is 4. The highest BCUT2D eigenvalue weighted by molar-refractivity contribution is 7.97. The molecular weight excluding hydrogens is 361 g/mol. The van der Waals surface area contributed by atoms with Gasteiger partial charge in [0.05, 0.1) is 5.56 Å². The molecule has 132 valence electrons. The fraction of sp³-hybridized carbons (Fsp3) is 0.250. The van der Waals surface area contributed by atoms with Gasteiger partial charge in [0.25, 0.3) is 0 Å². The summed E-state index contributed by atoms with van der Waals surface area (Å²) in [4.78, 5) is 4.09. The minimum atomic E-state index is -4.79. The molecule has 25 heavy (non-hydrogen) atoms. The number of aromatic nitrogens is 1. The van der Waals surface area contributed by atoms with Crippen LogP contribution in [0.15, 0.2) is 41.6 Å². The van der Waals surface area contributed by atoms with Crippen LogP contribution in [0.4, 0.5) is 22.0 Å². The number of halogens is 5. The van der Waals surface area contributed by atoms with Gasteiger partial charge in [-0.15, -0.1) is 0 Å². The first kappa shape index (κ1) is 19.1. The van der Waals surface area contributed by atoms with Gasteiger partial charge in [0.1, 0.15) is 23.7 Å². The second-order valence-corrected chi connectivity index (χ2v) is 6.08. The van der Waals surface area contributed by atoms with E-state index in [0.29, 0.717) is 22.9 Å². The third-order valence-corrected chi connectivity index (χ3v) is 4.37. The van der Waals surface area contributed by atoms with Crippen molar-refractivity contribution in [2.24, 2.45) is 0 Å². The largest absolute Gasteiger partial charge is 0.409 e. The van der Waals surface area contributed by atoms with Crippen LogP contribution >= 0.6 is 11.9 Å². The van der Waals surface area contributed by atoms with E-state index in [0.717, 1.165) is 16.4 Å². The Morgan fingerprint density at radius 2 is 1.96 bits per heavy atom. The molecule has 1 aromatic heterocycles. The maximum absolute atomic E-state index is 14.0. The molecule has 9 heteroatoms. The second-order valence-electron chi connectivity index (χ2n) is 4.96. The van der Waals surface area contributed by atoms with E-state index in [-0.39, 0.29) is 12.1 Å². The van der Waals surface area contributed by atoms with Crippen molar-refractivity contribution in [2.45, 2.75) is 24.0 Å². The number of nitrogens with zero attached hydrogens (tertiary/aromatic N) is 3. The van der Waals surface area contributed by atoms with Crippen molar-refractivity contribution in [2.75, 3.05) is 6.54 Å². The predicted octanol–water partition coefficient (Wildman–Crippen LogP) is 4.86. The Kier molecular flexibility index (Phi) is 5.98. The molecule has 1 aromatic carbocycles. The average Bonchev–Trinajstić information content (AvgIpc) is 2.55. The summed E-state index contributed by atoms with van der Waals surface area (Å²) in [5.41, 5.74) is -0.481. The summed E-state index contributed by atoms with van der Waals surface area (Å²) in [5.74, 6) is -2.23. The van der Waals surface area contributed by atoms with E-state index in [9.17, 15) is 22.0 Å². The van der Waals surface area contributed by atoms with Crippen molar-refractivity contribution in [1.82, 2.24) is 9.29 Å². The second kappa shape index (κ2) is 7.80. The Morgan fingerprint density at radius 3 is 2.52 bits per heavy atom. The molecule has 0 radical (unpaired) electrons. The molecule has 0 N–H and O–H groups in total. The van der Waals surface area contributed by atoms with Crippen LogP contribution in [-0.2, 0) is 0 Å². The number of rotatable bonds is 5. The summed E-state index contributed by atoms with van der Waals surface area (Å²) in [7, 11) is 0. The van der Waals surface area contributed by atoms with E-state index in [2.05, 4.69) is 4.98 Å². The maximum atomic E-state index is 14.0. The number of nitriles is 1. The third kappa shape index (κ3) is 4.67. The number of pyridine rings is 1. The van der Waals surface area contributed by atoms with Crippen LogP contribution in [-0.4, -0.2) is 22.0 Å². The standard InChI is InChI=1S/C16H12F5N3S/c1-2-24(25-12-5-10(7-22)8-23-9-12)15(16(19,20)21)13-4-3-11(17)6-14(13)18/h3-6,8-9,15H,2H2,1H3/t15-/m0/s1. The molecule has 0 aliphatic carbocycles. The first-order valence-electron chi connectivity index (χ1n) is 7.07. The summed E-state index contributed by atoms with van der Waals surface area (Å²) in [6, 6.07) is 2.94. The quantitative estimate of drug-likeness (QED) is 0.554. The van der Waals surface area contributed by atoms with Crippen LogP contribution in [0.5, 0.6) is 0 Å². The monoisotopic (exact) mass is 373 g/mol. The van der Waals surface area contributed by atoms with Gasteiger partial charge < -0.3 is 0 Å². The van der Waals surface area contributed by atoms with Gasteiger partial charge in [-0.2, -0.15) is 18.4 Å². The highest BCUT2D eigenvalue weighted by atomic mass is 32.2. The van der Waals surface area contributed by atoms with Gasteiger partial charge in [-0.05, 0) is 24.1 Å². The molecule has 0 unspecified atom stereocenters. The highest BCUT2D eigenvalue weighted by Gasteiger charge is 2.46. The molecule has 2 rings (SSSR count). The lowest BCUT2D eigenvalue weighted by atomic mass is 10.1. The van der Waals surface area contributed by atoms with E-state index in [1.165, 1.54) is 25.4 Å². The molecule has 0 fully saturated rings. The number of hydrogen-bond donors (Lipinski definition) is 0. The topological polar surface area (TPSA) is 39.9 Å². The van der Waals surface area contributed by atoms with Crippen LogP contribution in [0.25, 0.3) is 0 Å². The molecule has 0 saturated heterocycles. The third-order valence-electron chi connectivity index (χ3n) is 3.23. The predicted molar refractivity (Wildman–Crippen MR) is 82.3 cm³/mol. The molecule has 0 aliphatic rings. The summed E-state index contributed by atoms with van der Waals surface area (Å²) in [5, 5.41) is 8.85. The Hall–Kier alpha value is -2.18. The van der Waals surface area contributed by atoms with Crippen LogP contribution in [0.2, 0.25) is 0 Å². The van der Waals surface area contributed by atoms with Gasteiger partial charge in [0.15, 0.2) is 0 Å². The molecule has 0 spiro atoms. The van der Waals surface area contributed by atoms with Gasteiger partial charge in [-0.25, -0.2) is 13.1 Å². The van der Waals surface area contributed by atoms with E-state index in [4.69, 9.17) is 5.26 Å². The Labute approximate surface area is 145 Å². The first-order valence-corrected chi connectivity index (χ1v) is 7.85. The molecule has 2 aromatic rings. The minimum Gasteiger partial charge on any atom is -0.262 e. The van der Waals surface area contributed by atoms with Gasteiger partial charge in [0.2, 0.25) is 0 Å². The number of benzene rings is 1. The minimum absolute atomic E-state index is 0.0809. The van der Waals surface area contributed by atoms with Gasteiger partial charge in [0, 0.05) is 35.5 Å². The lowest BCUT2D eigenvalue weighted by Crippen LogP contribution is -2.35. The van der Waals surface area contributed by atoms with Crippen molar-refractivity contribution in [1.29, 1.82) is 5.26 Å². The molecule has 1 heterocycles. The summed E-state index contributed by atoms with van der Waals surface area (Å²) < 4.78 is 68.7. The smallest absolute Gasteiger partial charge is 0.262 e. The molecule has 0 saturated carbocycles. The zero-order chi connectivity index (χ0) is 18.6. The summed E-state index contributed by atoms with van der Waals surface area (Å²) in [6.07, 6.45) is -2.20. The van der Waals surface area contributed by atoms with Gasteiger partial charge in [-0.3, -0.25) is 4.98 Å². The fourth-order valence-corrected chi connectivity index (χ4v) is 3.21. The molecule has 0 amide bonds. The molecule has 0 bridgehead atoms. The lowest BCUT2D eigenvalue weighted by Gasteiger charge is -2.31. The lowest BCUT2D eigenvalue weighted by molar-refractivity contribution is -0.172. The van der Waals surface area contributed by atoms with E-state index in [1.54, 1.807) is 0 Å². The van der Waals surface area contributed by atoms with E-state index in [1.807, 2.05) is 6.07 Å². The molecule has 0 aliphatic heterocycles. The van der Waals surface area contributed by atoms with Crippen LogP contribution in [0.1, 0.15) is 24.1 Å². The van der Waals surface area contributed by atoms with Crippen LogP contribution < -0.4 is 0 Å². The zero-order valence-electron chi connectivity index (χ0n) is 12.9. The zero-order valence-corrected chi connectivity index (χ0v) is 13.7. The molecule has 1 atom stereocenters. The molecule has 3 nitrogen and oxygen atoms in total.